The van der Waals surface area contributed by atoms with Crippen molar-refractivity contribution in [3.8, 4) is 5.75 Å². The molecule has 1 saturated heterocycles. The third-order valence-corrected chi connectivity index (χ3v) is 3.41. The van der Waals surface area contributed by atoms with Crippen molar-refractivity contribution in [2.45, 2.75) is 18.9 Å². The van der Waals surface area contributed by atoms with Crippen LogP contribution < -0.4 is 10.1 Å². The van der Waals surface area contributed by atoms with Gasteiger partial charge in [-0.1, -0.05) is 0 Å². The summed E-state index contributed by atoms with van der Waals surface area (Å²) in [5, 5.41) is 14.1. The molecule has 1 unspecified atom stereocenters. The Morgan fingerprint density at radius 3 is 3.00 bits per heavy atom. The van der Waals surface area contributed by atoms with Gasteiger partial charge in [-0.3, -0.25) is 10.1 Å². The van der Waals surface area contributed by atoms with Crippen molar-refractivity contribution in [1.29, 1.82) is 0 Å². The number of nitro benzene ring substituents is 1. The van der Waals surface area contributed by atoms with Gasteiger partial charge in [-0.25, -0.2) is 4.39 Å². The first-order chi connectivity index (χ1) is 8.58. The molecular formula is C11H12BrFN2O3. The van der Waals surface area contributed by atoms with E-state index >= 15 is 0 Å². The fraction of sp³-hybridized carbons (Fsp3) is 0.455. The summed E-state index contributed by atoms with van der Waals surface area (Å²) in [4.78, 5) is 10.3. The quantitative estimate of drug-likeness (QED) is 0.684. The second-order valence-electron chi connectivity index (χ2n) is 4.10. The molecule has 7 heteroatoms. The van der Waals surface area contributed by atoms with Crippen LogP contribution in [0.2, 0.25) is 0 Å². The smallest absolute Gasteiger partial charge is 0.312 e. The third-order valence-electron chi connectivity index (χ3n) is 2.80. The molecule has 1 heterocycles. The molecule has 1 aromatic rings. The molecular weight excluding hydrogens is 307 g/mol. The van der Waals surface area contributed by atoms with Crippen LogP contribution in [0.4, 0.5) is 10.1 Å². The molecule has 2 rings (SSSR count). The van der Waals surface area contributed by atoms with Crippen molar-refractivity contribution in [1.82, 2.24) is 5.32 Å². The molecule has 0 spiro atoms. The Bertz CT molecular complexity index is 464. The molecule has 1 aliphatic rings. The normalized spacial score (nSPS) is 18.9. The van der Waals surface area contributed by atoms with Gasteiger partial charge in [0.05, 0.1) is 9.40 Å². The van der Waals surface area contributed by atoms with Gasteiger partial charge in [-0.2, -0.15) is 0 Å². The topological polar surface area (TPSA) is 64.4 Å². The molecule has 0 bridgehead atoms. The van der Waals surface area contributed by atoms with Crippen molar-refractivity contribution >= 4 is 21.6 Å². The first kappa shape index (κ1) is 13.2. The average Bonchev–Trinajstić information content (AvgIpc) is 2.83. The highest BCUT2D eigenvalue weighted by atomic mass is 79.9. The lowest BCUT2D eigenvalue weighted by atomic mass is 10.2. The number of halogens is 2. The highest BCUT2D eigenvalue weighted by molar-refractivity contribution is 9.10. The number of nitro groups is 1. The monoisotopic (exact) mass is 318 g/mol. The van der Waals surface area contributed by atoms with Crippen molar-refractivity contribution in [2.75, 3.05) is 13.2 Å². The van der Waals surface area contributed by atoms with Crippen molar-refractivity contribution in [3.63, 3.8) is 0 Å². The van der Waals surface area contributed by atoms with E-state index in [1.54, 1.807) is 0 Å². The summed E-state index contributed by atoms with van der Waals surface area (Å²) in [5.41, 5.74) is -0.235. The summed E-state index contributed by atoms with van der Waals surface area (Å²) >= 11 is 2.92. The predicted molar refractivity (Wildman–Crippen MR) is 67.3 cm³/mol. The van der Waals surface area contributed by atoms with E-state index in [1.165, 1.54) is 0 Å². The summed E-state index contributed by atoms with van der Waals surface area (Å²) in [5.74, 6) is -0.607. The Morgan fingerprint density at radius 1 is 1.61 bits per heavy atom. The standard InChI is InChI=1S/C11H12BrFN2O3/c12-8-4-10(15(16)17)11(5-9(8)13)18-6-7-2-1-3-14-7/h4-5,7,14H,1-3,6H2. The Kier molecular flexibility index (Phi) is 4.13. The lowest BCUT2D eigenvalue weighted by Crippen LogP contribution is -2.28. The van der Waals surface area contributed by atoms with Crippen LogP contribution >= 0.6 is 15.9 Å². The molecule has 1 N–H and O–H groups in total. The van der Waals surface area contributed by atoms with Crippen LogP contribution in [-0.2, 0) is 0 Å². The van der Waals surface area contributed by atoms with Gasteiger partial charge in [0.15, 0.2) is 5.75 Å². The number of hydrogen-bond acceptors (Lipinski definition) is 4. The van der Waals surface area contributed by atoms with Gasteiger partial charge < -0.3 is 10.1 Å². The Balaban J connectivity index is 2.14. The first-order valence-corrected chi connectivity index (χ1v) is 6.37. The molecule has 0 amide bonds. The first-order valence-electron chi connectivity index (χ1n) is 5.57. The molecule has 0 radical (unpaired) electrons. The van der Waals surface area contributed by atoms with Crippen molar-refractivity contribution in [3.05, 3.63) is 32.5 Å². The zero-order valence-electron chi connectivity index (χ0n) is 9.49. The van der Waals surface area contributed by atoms with E-state index in [2.05, 4.69) is 21.2 Å². The molecule has 1 fully saturated rings. The zero-order valence-corrected chi connectivity index (χ0v) is 11.1. The van der Waals surface area contributed by atoms with Crippen molar-refractivity contribution < 1.29 is 14.1 Å². The zero-order chi connectivity index (χ0) is 13.1. The van der Waals surface area contributed by atoms with E-state index < -0.39 is 10.7 Å². The minimum absolute atomic E-state index is 0.0330. The second-order valence-corrected chi connectivity index (χ2v) is 4.95. The van der Waals surface area contributed by atoms with Gasteiger partial charge in [-0.15, -0.1) is 0 Å². The predicted octanol–water partition coefficient (Wildman–Crippen LogP) is 2.63. The van der Waals surface area contributed by atoms with E-state index in [1.807, 2.05) is 0 Å². The molecule has 0 aromatic heterocycles. The maximum absolute atomic E-state index is 13.4. The fourth-order valence-corrected chi connectivity index (χ4v) is 2.20. The molecule has 0 aliphatic carbocycles. The summed E-state index contributed by atoms with van der Waals surface area (Å²) < 4.78 is 18.8. The van der Waals surface area contributed by atoms with E-state index in [0.717, 1.165) is 31.5 Å². The highest BCUT2D eigenvalue weighted by Crippen LogP contribution is 2.32. The van der Waals surface area contributed by atoms with Gasteiger partial charge in [0.2, 0.25) is 0 Å². The lowest BCUT2D eigenvalue weighted by molar-refractivity contribution is -0.386. The summed E-state index contributed by atoms with van der Waals surface area (Å²) in [6, 6.07) is 2.33. The summed E-state index contributed by atoms with van der Waals surface area (Å²) in [7, 11) is 0. The van der Waals surface area contributed by atoms with E-state index in [4.69, 9.17) is 4.74 Å². The molecule has 5 nitrogen and oxygen atoms in total. The van der Waals surface area contributed by atoms with Crippen LogP contribution in [0.15, 0.2) is 16.6 Å². The number of benzene rings is 1. The molecule has 1 atom stereocenters. The van der Waals surface area contributed by atoms with E-state index in [-0.39, 0.29) is 22.0 Å². The van der Waals surface area contributed by atoms with Gasteiger partial charge in [0.25, 0.3) is 0 Å². The molecule has 1 aromatic carbocycles. The van der Waals surface area contributed by atoms with E-state index in [0.29, 0.717) is 6.61 Å². The Hall–Kier alpha value is -1.21. The average molecular weight is 319 g/mol. The number of nitrogens with zero attached hydrogens (tertiary/aromatic N) is 1. The summed E-state index contributed by atoms with van der Waals surface area (Å²) in [6.07, 6.45) is 2.03. The number of nitrogens with one attached hydrogen (secondary N) is 1. The highest BCUT2D eigenvalue weighted by Gasteiger charge is 2.21. The van der Waals surface area contributed by atoms with Crippen LogP contribution in [0.3, 0.4) is 0 Å². The fourth-order valence-electron chi connectivity index (χ4n) is 1.87. The van der Waals surface area contributed by atoms with Crippen LogP contribution in [-0.4, -0.2) is 24.1 Å². The van der Waals surface area contributed by atoms with Crippen molar-refractivity contribution in [2.24, 2.45) is 0 Å². The third kappa shape index (κ3) is 2.97. The minimum Gasteiger partial charge on any atom is -0.485 e. The SMILES string of the molecule is O=[N+]([O-])c1cc(Br)c(F)cc1OCC1CCCN1. The van der Waals surface area contributed by atoms with Gasteiger partial charge in [0, 0.05) is 18.2 Å². The number of rotatable bonds is 4. The molecule has 1 aliphatic heterocycles. The van der Waals surface area contributed by atoms with Crippen LogP contribution in [0, 0.1) is 15.9 Å². The van der Waals surface area contributed by atoms with Gasteiger partial charge in [0.1, 0.15) is 12.4 Å². The largest absolute Gasteiger partial charge is 0.485 e. The minimum atomic E-state index is -0.582. The second kappa shape index (κ2) is 5.62. The molecule has 18 heavy (non-hydrogen) atoms. The Labute approximate surface area is 112 Å². The molecule has 98 valence electrons. The van der Waals surface area contributed by atoms with Crippen LogP contribution in [0.1, 0.15) is 12.8 Å². The Morgan fingerprint density at radius 2 is 2.39 bits per heavy atom. The van der Waals surface area contributed by atoms with Crippen LogP contribution in [0.5, 0.6) is 5.75 Å². The maximum atomic E-state index is 13.4. The lowest BCUT2D eigenvalue weighted by Gasteiger charge is -2.12. The molecule has 0 saturated carbocycles. The van der Waals surface area contributed by atoms with E-state index in [9.17, 15) is 14.5 Å². The maximum Gasteiger partial charge on any atom is 0.312 e. The number of ether oxygens (including phenoxy) is 1. The van der Waals surface area contributed by atoms with Crippen LogP contribution in [0.25, 0.3) is 0 Å². The van der Waals surface area contributed by atoms with Gasteiger partial charge in [-0.05, 0) is 35.3 Å². The number of hydrogen-bond donors (Lipinski definition) is 1. The summed E-state index contributed by atoms with van der Waals surface area (Å²) in [6.45, 7) is 1.23. The van der Waals surface area contributed by atoms with Gasteiger partial charge >= 0.3 is 5.69 Å².